The average Bonchev–Trinajstić information content (AvgIpc) is 2.29. The molecule has 1 aromatic heterocycles. The van der Waals surface area contributed by atoms with Gasteiger partial charge in [0, 0.05) is 6.07 Å². The lowest BCUT2D eigenvalue weighted by Gasteiger charge is -2.05. The fourth-order valence-electron chi connectivity index (χ4n) is 0.997. The monoisotopic (exact) mass is 277 g/mol. The highest BCUT2D eigenvalue weighted by atomic mass is 35.5. The Labute approximate surface area is 104 Å². The molecule has 0 saturated heterocycles. The third kappa shape index (κ3) is 2.78. The van der Waals surface area contributed by atoms with Crippen LogP contribution in [0, 0.1) is 11.6 Å². The van der Waals surface area contributed by atoms with Crippen LogP contribution in [0.1, 0.15) is 0 Å². The van der Waals surface area contributed by atoms with Gasteiger partial charge >= 0.3 is 0 Å². The minimum atomic E-state index is -1.05. The fourth-order valence-corrected chi connectivity index (χ4v) is 1.23. The zero-order chi connectivity index (χ0) is 12.4. The molecule has 0 N–H and O–H groups in total. The van der Waals surface area contributed by atoms with E-state index in [0.717, 1.165) is 12.1 Å². The van der Waals surface area contributed by atoms with Crippen molar-refractivity contribution in [2.24, 2.45) is 0 Å². The van der Waals surface area contributed by atoms with Crippen LogP contribution >= 0.6 is 23.2 Å². The summed E-state index contributed by atoms with van der Waals surface area (Å²) in [6.45, 7) is 0. The maximum Gasteiger partial charge on any atom is 0.262 e. The molecule has 0 aliphatic heterocycles. The van der Waals surface area contributed by atoms with Crippen LogP contribution in [0.3, 0.4) is 0 Å². The number of hydrogen-bond acceptors (Lipinski definition) is 4. The largest absolute Gasteiger partial charge is 0.436 e. The molecule has 0 amide bonds. The number of benzene rings is 1. The zero-order valence-corrected chi connectivity index (χ0v) is 9.51. The second kappa shape index (κ2) is 4.77. The first-order valence-corrected chi connectivity index (χ1v) is 5.00. The highest BCUT2D eigenvalue weighted by molar-refractivity contribution is 6.31. The Kier molecular flexibility index (Phi) is 3.35. The Morgan fingerprint density at radius 2 is 1.82 bits per heavy atom. The summed E-state index contributed by atoms with van der Waals surface area (Å²) in [4.78, 5) is 3.64. The van der Waals surface area contributed by atoms with Crippen LogP contribution in [0.25, 0.3) is 0 Å². The maximum atomic E-state index is 12.9. The van der Waals surface area contributed by atoms with E-state index in [0.29, 0.717) is 0 Å². The van der Waals surface area contributed by atoms with Crippen LogP contribution < -0.4 is 4.74 Å². The van der Waals surface area contributed by atoms with Gasteiger partial charge in [0.1, 0.15) is 5.75 Å². The highest BCUT2D eigenvalue weighted by Crippen LogP contribution is 2.26. The molecule has 0 unspecified atom stereocenters. The molecule has 0 aliphatic rings. The second-order valence-corrected chi connectivity index (χ2v) is 3.55. The lowest BCUT2D eigenvalue weighted by molar-refractivity contribution is 0.443. The normalized spacial score (nSPS) is 10.4. The molecular weight excluding hydrogens is 275 g/mol. The molecule has 0 radical (unpaired) electrons. The summed E-state index contributed by atoms with van der Waals surface area (Å²) in [7, 11) is 0. The minimum Gasteiger partial charge on any atom is -0.436 e. The Hall–Kier alpha value is -1.53. The summed E-state index contributed by atoms with van der Waals surface area (Å²) in [6, 6.07) is 2.97. The van der Waals surface area contributed by atoms with Gasteiger partial charge in [-0.3, -0.25) is 0 Å². The Bertz CT molecular complexity index is 568. The molecule has 2 rings (SSSR count). The third-order valence-electron chi connectivity index (χ3n) is 1.70. The number of nitrogens with zero attached hydrogens (tertiary/aromatic N) is 3. The van der Waals surface area contributed by atoms with Crippen molar-refractivity contribution in [1.29, 1.82) is 0 Å². The van der Waals surface area contributed by atoms with Crippen LogP contribution in [0.15, 0.2) is 18.2 Å². The Morgan fingerprint density at radius 3 is 2.53 bits per heavy atom. The topological polar surface area (TPSA) is 47.9 Å². The molecule has 8 heteroatoms. The van der Waals surface area contributed by atoms with Gasteiger partial charge in [-0.2, -0.15) is 4.98 Å². The Balaban J connectivity index is 2.31. The van der Waals surface area contributed by atoms with Crippen LogP contribution in [0.5, 0.6) is 11.6 Å². The van der Waals surface area contributed by atoms with E-state index in [1.807, 2.05) is 0 Å². The second-order valence-electron chi connectivity index (χ2n) is 2.85. The molecule has 2 aromatic rings. The van der Waals surface area contributed by atoms with E-state index in [-0.39, 0.29) is 22.1 Å². The van der Waals surface area contributed by atoms with E-state index in [1.165, 1.54) is 6.07 Å². The number of halogens is 4. The average molecular weight is 278 g/mol. The summed E-state index contributed by atoms with van der Waals surface area (Å²) in [6.07, 6.45) is 0. The van der Waals surface area contributed by atoms with Crippen molar-refractivity contribution in [1.82, 2.24) is 15.2 Å². The quantitative estimate of drug-likeness (QED) is 0.846. The summed E-state index contributed by atoms with van der Waals surface area (Å²) in [5, 5.41) is 6.50. The third-order valence-corrected chi connectivity index (χ3v) is 2.09. The van der Waals surface area contributed by atoms with Crippen molar-refractivity contribution < 1.29 is 13.5 Å². The summed E-state index contributed by atoms with van der Waals surface area (Å²) in [5.41, 5.74) is 0. The lowest BCUT2D eigenvalue weighted by Crippen LogP contribution is -1.95. The molecular formula is C9H3Cl2F2N3O. The van der Waals surface area contributed by atoms with Crippen molar-refractivity contribution >= 4 is 23.2 Å². The van der Waals surface area contributed by atoms with E-state index in [9.17, 15) is 8.78 Å². The van der Waals surface area contributed by atoms with E-state index >= 15 is 0 Å². The van der Waals surface area contributed by atoms with Gasteiger partial charge < -0.3 is 4.74 Å². The van der Waals surface area contributed by atoms with E-state index in [4.69, 9.17) is 27.9 Å². The van der Waals surface area contributed by atoms with Gasteiger partial charge in [-0.05, 0) is 23.7 Å². The predicted octanol–water partition coefficient (Wildman–Crippen LogP) is 3.25. The highest BCUT2D eigenvalue weighted by Gasteiger charge is 2.10. The van der Waals surface area contributed by atoms with Crippen LogP contribution in [0.2, 0.25) is 10.4 Å². The molecule has 1 heterocycles. The van der Waals surface area contributed by atoms with Crippen molar-refractivity contribution in [2.45, 2.75) is 0 Å². The summed E-state index contributed by atoms with van der Waals surface area (Å²) < 4.78 is 30.7. The molecule has 0 aliphatic carbocycles. The smallest absolute Gasteiger partial charge is 0.262 e. The Morgan fingerprint density at radius 1 is 1.06 bits per heavy atom. The number of aromatic nitrogens is 3. The molecule has 0 spiro atoms. The van der Waals surface area contributed by atoms with E-state index in [2.05, 4.69) is 15.2 Å². The lowest BCUT2D eigenvalue weighted by atomic mass is 10.3. The molecule has 0 atom stereocenters. The molecule has 1 aromatic carbocycles. The van der Waals surface area contributed by atoms with Gasteiger partial charge in [0.05, 0.1) is 0 Å². The van der Waals surface area contributed by atoms with Gasteiger partial charge in [0.25, 0.3) is 5.88 Å². The summed E-state index contributed by atoms with van der Waals surface area (Å²) in [5.74, 6) is -2.16. The molecule has 4 nitrogen and oxygen atoms in total. The van der Waals surface area contributed by atoms with E-state index in [1.54, 1.807) is 0 Å². The molecule has 88 valence electrons. The van der Waals surface area contributed by atoms with Crippen LogP contribution in [0.4, 0.5) is 8.78 Å². The first-order chi connectivity index (χ1) is 8.06. The minimum absolute atomic E-state index is 0.0161. The van der Waals surface area contributed by atoms with Crippen molar-refractivity contribution in [3.63, 3.8) is 0 Å². The summed E-state index contributed by atoms with van der Waals surface area (Å²) >= 11 is 11.1. The van der Waals surface area contributed by atoms with Gasteiger partial charge in [0.15, 0.2) is 11.6 Å². The molecule has 17 heavy (non-hydrogen) atoms. The van der Waals surface area contributed by atoms with E-state index < -0.39 is 11.6 Å². The predicted molar refractivity (Wildman–Crippen MR) is 56.3 cm³/mol. The standard InChI is InChI=1S/C9H3Cl2F2N3O/c10-7-8(14-9(11)16-15-7)17-4-1-2-5(12)6(13)3-4/h1-3H. The number of rotatable bonds is 2. The van der Waals surface area contributed by atoms with Crippen molar-refractivity contribution in [2.75, 3.05) is 0 Å². The molecule has 0 saturated carbocycles. The number of ether oxygens (including phenoxy) is 1. The van der Waals surface area contributed by atoms with Crippen molar-refractivity contribution in [3.8, 4) is 11.6 Å². The fraction of sp³-hybridized carbons (Fsp3) is 0. The first-order valence-electron chi connectivity index (χ1n) is 4.25. The van der Waals surface area contributed by atoms with Crippen LogP contribution in [-0.4, -0.2) is 15.2 Å². The van der Waals surface area contributed by atoms with Gasteiger partial charge in [-0.25, -0.2) is 8.78 Å². The van der Waals surface area contributed by atoms with Gasteiger partial charge in [-0.1, -0.05) is 11.6 Å². The SMILES string of the molecule is Fc1ccc(Oc2nc(Cl)nnc2Cl)cc1F. The number of hydrogen-bond donors (Lipinski definition) is 0. The van der Waals surface area contributed by atoms with Gasteiger partial charge in [-0.15, -0.1) is 10.2 Å². The zero-order valence-electron chi connectivity index (χ0n) is 7.99. The molecule has 0 fully saturated rings. The first kappa shape index (κ1) is 11.9. The van der Waals surface area contributed by atoms with Crippen LogP contribution in [-0.2, 0) is 0 Å². The molecule has 0 bridgehead atoms. The van der Waals surface area contributed by atoms with Gasteiger partial charge in [0.2, 0.25) is 10.4 Å². The van der Waals surface area contributed by atoms with Crippen molar-refractivity contribution in [3.05, 3.63) is 40.3 Å². The maximum absolute atomic E-state index is 12.9.